The molecule has 0 amide bonds. The van der Waals surface area contributed by atoms with E-state index in [0.717, 1.165) is 31.2 Å². The number of nitrogen functional groups attached to an aromatic ring is 2. The van der Waals surface area contributed by atoms with Gasteiger partial charge in [0.25, 0.3) is 0 Å². The molecule has 0 heterocycles. The summed E-state index contributed by atoms with van der Waals surface area (Å²) >= 11 is 0. The minimum atomic E-state index is -0.484. The Morgan fingerprint density at radius 2 is 1.74 bits per heavy atom. The molecular weight excluding hydrogens is 392 g/mol. The van der Waals surface area contributed by atoms with Gasteiger partial charge < -0.3 is 20.9 Å². The van der Waals surface area contributed by atoms with Gasteiger partial charge in [0.15, 0.2) is 0 Å². The Bertz CT molecular complexity index is 958. The first-order valence-electron chi connectivity index (χ1n) is 10.4. The molecule has 0 saturated heterocycles. The second-order valence-electron chi connectivity index (χ2n) is 7.74. The van der Waals surface area contributed by atoms with Crippen molar-refractivity contribution in [3.8, 4) is 5.75 Å². The van der Waals surface area contributed by atoms with E-state index in [1.165, 1.54) is 6.08 Å². The maximum Gasteiger partial charge on any atom is 0.331 e. The number of hydrogen-bond donors (Lipinski definition) is 2. The number of carbonyl (C=O) groups is 2. The normalized spacial score (nSPS) is 18.5. The van der Waals surface area contributed by atoms with Crippen molar-refractivity contribution in [1.29, 1.82) is 0 Å². The van der Waals surface area contributed by atoms with E-state index in [1.807, 2.05) is 6.08 Å². The molecule has 6 heteroatoms. The van der Waals surface area contributed by atoms with E-state index >= 15 is 0 Å². The standard InChI is InChI=1S/C25H28N2O4/c1-2-17-3-8-19(9-4-17)25(29)31-22-12-5-18(6-13-22)7-14-24(28)30-16-20-10-11-21(26)15-23(20)27/h2,5-7,10-15,17,19H,1,3-4,8-9,16,26-27H2/b14-7+. The predicted octanol–water partition coefficient (Wildman–Crippen LogP) is 4.51. The fourth-order valence-corrected chi connectivity index (χ4v) is 3.54. The molecule has 0 radical (unpaired) electrons. The van der Waals surface area contributed by atoms with Gasteiger partial charge in [-0.15, -0.1) is 6.58 Å². The Kier molecular flexibility index (Phi) is 7.49. The molecule has 0 aromatic heterocycles. The maximum absolute atomic E-state index is 12.4. The maximum atomic E-state index is 12.4. The van der Waals surface area contributed by atoms with E-state index in [1.54, 1.807) is 48.5 Å². The molecule has 2 aromatic carbocycles. The van der Waals surface area contributed by atoms with Crippen LogP contribution in [0, 0.1) is 11.8 Å². The lowest BCUT2D eigenvalue weighted by molar-refractivity contribution is -0.140. The highest BCUT2D eigenvalue weighted by atomic mass is 16.5. The van der Waals surface area contributed by atoms with Gasteiger partial charge in [0.1, 0.15) is 12.4 Å². The lowest BCUT2D eigenvalue weighted by atomic mass is 9.82. The van der Waals surface area contributed by atoms with Crippen molar-refractivity contribution in [2.24, 2.45) is 11.8 Å². The molecule has 1 saturated carbocycles. The Labute approximate surface area is 182 Å². The van der Waals surface area contributed by atoms with Crippen LogP contribution in [-0.4, -0.2) is 11.9 Å². The van der Waals surface area contributed by atoms with Crippen LogP contribution in [-0.2, 0) is 20.9 Å². The van der Waals surface area contributed by atoms with Gasteiger partial charge >= 0.3 is 11.9 Å². The average molecular weight is 421 g/mol. The summed E-state index contributed by atoms with van der Waals surface area (Å²) in [5.41, 5.74) is 14.0. The minimum absolute atomic E-state index is 0.0550. The van der Waals surface area contributed by atoms with E-state index in [9.17, 15) is 9.59 Å². The van der Waals surface area contributed by atoms with Gasteiger partial charge in [-0.3, -0.25) is 4.79 Å². The molecular formula is C25H28N2O4. The Morgan fingerprint density at radius 3 is 2.39 bits per heavy atom. The average Bonchev–Trinajstić information content (AvgIpc) is 2.78. The third-order valence-corrected chi connectivity index (χ3v) is 5.49. The van der Waals surface area contributed by atoms with Gasteiger partial charge in [-0.1, -0.05) is 24.3 Å². The highest BCUT2D eigenvalue weighted by molar-refractivity contribution is 5.87. The van der Waals surface area contributed by atoms with Crippen molar-refractivity contribution in [3.63, 3.8) is 0 Å². The largest absolute Gasteiger partial charge is 0.458 e. The molecule has 0 aliphatic heterocycles. The summed E-state index contributed by atoms with van der Waals surface area (Å²) in [5.74, 6) is 0.277. The van der Waals surface area contributed by atoms with E-state index in [2.05, 4.69) is 6.58 Å². The van der Waals surface area contributed by atoms with Gasteiger partial charge in [0.2, 0.25) is 0 Å². The number of esters is 2. The van der Waals surface area contributed by atoms with Crippen LogP contribution in [0.3, 0.4) is 0 Å². The molecule has 3 rings (SSSR count). The second-order valence-corrected chi connectivity index (χ2v) is 7.74. The van der Waals surface area contributed by atoms with Crippen LogP contribution < -0.4 is 16.2 Å². The van der Waals surface area contributed by atoms with Crippen molar-refractivity contribution >= 4 is 29.4 Å². The van der Waals surface area contributed by atoms with Crippen LogP contribution in [0.2, 0.25) is 0 Å². The zero-order chi connectivity index (χ0) is 22.2. The fraction of sp³-hybridized carbons (Fsp3) is 0.280. The van der Waals surface area contributed by atoms with Crippen molar-refractivity contribution in [1.82, 2.24) is 0 Å². The summed E-state index contributed by atoms with van der Waals surface area (Å²) in [5, 5.41) is 0. The van der Waals surface area contributed by atoms with E-state index in [-0.39, 0.29) is 18.5 Å². The molecule has 0 unspecified atom stereocenters. The van der Waals surface area contributed by atoms with Crippen LogP contribution in [0.5, 0.6) is 5.75 Å². The fourth-order valence-electron chi connectivity index (χ4n) is 3.54. The molecule has 0 atom stereocenters. The number of anilines is 2. The van der Waals surface area contributed by atoms with Crippen LogP contribution in [0.1, 0.15) is 36.8 Å². The third kappa shape index (κ3) is 6.47. The number of benzene rings is 2. The van der Waals surface area contributed by atoms with E-state index in [0.29, 0.717) is 28.6 Å². The molecule has 1 fully saturated rings. The monoisotopic (exact) mass is 420 g/mol. The Hall–Kier alpha value is -3.54. The summed E-state index contributed by atoms with van der Waals surface area (Å²) < 4.78 is 10.7. The highest BCUT2D eigenvalue weighted by Gasteiger charge is 2.26. The van der Waals surface area contributed by atoms with Crippen molar-refractivity contribution in [2.45, 2.75) is 32.3 Å². The first kappa shape index (κ1) is 22.2. The van der Waals surface area contributed by atoms with Crippen molar-refractivity contribution in [3.05, 3.63) is 72.3 Å². The molecule has 4 N–H and O–H groups in total. The summed E-state index contributed by atoms with van der Waals surface area (Å²) in [6, 6.07) is 12.0. The first-order valence-corrected chi connectivity index (χ1v) is 10.4. The highest BCUT2D eigenvalue weighted by Crippen LogP contribution is 2.30. The van der Waals surface area contributed by atoms with Gasteiger partial charge in [-0.25, -0.2) is 4.79 Å². The zero-order valence-corrected chi connectivity index (χ0v) is 17.5. The topological polar surface area (TPSA) is 105 Å². The molecule has 162 valence electrons. The minimum Gasteiger partial charge on any atom is -0.458 e. The molecule has 0 spiro atoms. The zero-order valence-electron chi connectivity index (χ0n) is 17.5. The van der Waals surface area contributed by atoms with Crippen molar-refractivity contribution in [2.75, 3.05) is 11.5 Å². The van der Waals surface area contributed by atoms with Gasteiger partial charge in [-0.2, -0.15) is 0 Å². The van der Waals surface area contributed by atoms with Crippen LogP contribution >= 0.6 is 0 Å². The number of carbonyl (C=O) groups excluding carboxylic acids is 2. The van der Waals surface area contributed by atoms with E-state index in [4.69, 9.17) is 20.9 Å². The Balaban J connectivity index is 1.47. The quantitative estimate of drug-likeness (QED) is 0.225. The lowest BCUT2D eigenvalue weighted by Crippen LogP contribution is -2.25. The summed E-state index contributed by atoms with van der Waals surface area (Å²) in [4.78, 5) is 24.3. The van der Waals surface area contributed by atoms with Crippen molar-refractivity contribution < 1.29 is 19.1 Å². The second kappa shape index (κ2) is 10.5. The summed E-state index contributed by atoms with van der Waals surface area (Å²) in [6.07, 6.45) is 8.57. The smallest absolute Gasteiger partial charge is 0.331 e. The number of rotatable bonds is 7. The lowest BCUT2D eigenvalue weighted by Gasteiger charge is -2.24. The summed E-state index contributed by atoms with van der Waals surface area (Å²) in [7, 11) is 0. The van der Waals surface area contributed by atoms with Crippen LogP contribution in [0.4, 0.5) is 11.4 Å². The Morgan fingerprint density at radius 1 is 1.03 bits per heavy atom. The molecule has 0 bridgehead atoms. The molecule has 1 aliphatic rings. The summed E-state index contributed by atoms with van der Waals surface area (Å²) in [6.45, 7) is 3.90. The SMILES string of the molecule is C=CC1CCC(C(=O)Oc2ccc(/C=C/C(=O)OCc3ccc(N)cc3N)cc2)CC1. The number of nitrogens with two attached hydrogens (primary N) is 2. The van der Waals surface area contributed by atoms with E-state index < -0.39 is 5.97 Å². The van der Waals surface area contributed by atoms with Crippen LogP contribution in [0.15, 0.2) is 61.2 Å². The predicted molar refractivity (Wildman–Crippen MR) is 122 cm³/mol. The third-order valence-electron chi connectivity index (χ3n) is 5.49. The number of hydrogen-bond acceptors (Lipinski definition) is 6. The van der Waals surface area contributed by atoms with Gasteiger partial charge in [0, 0.05) is 23.0 Å². The van der Waals surface area contributed by atoms with Gasteiger partial charge in [0.05, 0.1) is 5.92 Å². The number of allylic oxidation sites excluding steroid dienone is 1. The molecule has 1 aliphatic carbocycles. The molecule has 6 nitrogen and oxygen atoms in total. The first-order chi connectivity index (χ1) is 14.9. The molecule has 31 heavy (non-hydrogen) atoms. The van der Waals surface area contributed by atoms with Crippen LogP contribution in [0.25, 0.3) is 6.08 Å². The molecule has 2 aromatic rings. The van der Waals surface area contributed by atoms with Gasteiger partial charge in [-0.05, 0) is 67.5 Å². The number of ether oxygens (including phenoxy) is 2.